The van der Waals surface area contributed by atoms with Crippen LogP contribution in [-0.4, -0.2) is 21.7 Å². The molecule has 0 radical (unpaired) electrons. The smallest absolute Gasteiger partial charge is 0.274 e. The van der Waals surface area contributed by atoms with Crippen molar-refractivity contribution in [1.82, 2.24) is 15.1 Å². The second-order valence-corrected chi connectivity index (χ2v) is 10.8. The van der Waals surface area contributed by atoms with E-state index in [-0.39, 0.29) is 28.8 Å². The maximum atomic E-state index is 13.4. The lowest BCUT2D eigenvalue weighted by molar-refractivity contribution is -0.0688. The molecule has 5 heteroatoms. The summed E-state index contributed by atoms with van der Waals surface area (Å²) in [6.45, 7) is 6.81. The van der Waals surface area contributed by atoms with Gasteiger partial charge in [0.15, 0.2) is 5.69 Å². The Morgan fingerprint density at radius 1 is 1.07 bits per heavy atom. The molecule has 0 saturated heterocycles. The van der Waals surface area contributed by atoms with Crippen molar-refractivity contribution in [3.8, 4) is 0 Å². The maximum Gasteiger partial charge on any atom is 0.274 e. The van der Waals surface area contributed by atoms with Crippen LogP contribution in [0.1, 0.15) is 69.8 Å². The van der Waals surface area contributed by atoms with E-state index in [1.807, 2.05) is 18.2 Å². The fourth-order valence-corrected chi connectivity index (χ4v) is 7.00. The third kappa shape index (κ3) is 3.27. The minimum atomic E-state index is -0.146. The van der Waals surface area contributed by atoms with Gasteiger partial charge in [-0.05, 0) is 80.6 Å². The number of hydrogen-bond donors (Lipinski definition) is 1. The van der Waals surface area contributed by atoms with E-state index in [1.54, 1.807) is 6.07 Å². The van der Waals surface area contributed by atoms with Gasteiger partial charge in [0.05, 0.1) is 5.39 Å². The number of carbonyl (C=O) groups is 1. The highest BCUT2D eigenvalue weighted by molar-refractivity contribution is 6.04. The summed E-state index contributed by atoms with van der Waals surface area (Å²) in [5.74, 6) is 2.68. The topological polar surface area (TPSA) is 64.0 Å². The number of nitrogens with zero attached hydrogens (tertiary/aromatic N) is 2. The second-order valence-electron chi connectivity index (χ2n) is 10.8. The van der Waals surface area contributed by atoms with Crippen molar-refractivity contribution in [2.75, 3.05) is 0 Å². The van der Waals surface area contributed by atoms with Crippen molar-refractivity contribution >= 4 is 16.7 Å². The van der Waals surface area contributed by atoms with E-state index < -0.39 is 0 Å². The predicted octanol–water partition coefficient (Wildman–Crippen LogP) is 4.39. The van der Waals surface area contributed by atoms with Crippen molar-refractivity contribution in [2.24, 2.45) is 29.1 Å². The van der Waals surface area contributed by atoms with E-state index in [1.165, 1.54) is 43.2 Å². The van der Waals surface area contributed by atoms with E-state index in [0.717, 1.165) is 17.8 Å². The number of hydrogen-bond acceptors (Lipinski definition) is 3. The van der Waals surface area contributed by atoms with Crippen molar-refractivity contribution in [2.45, 2.75) is 71.9 Å². The monoisotopic (exact) mass is 407 g/mol. The third-order valence-corrected chi connectivity index (χ3v) is 7.97. The van der Waals surface area contributed by atoms with E-state index in [9.17, 15) is 9.59 Å². The van der Waals surface area contributed by atoms with Gasteiger partial charge in [-0.1, -0.05) is 32.0 Å². The Morgan fingerprint density at radius 3 is 2.20 bits per heavy atom. The molecule has 0 spiro atoms. The first-order valence-electron chi connectivity index (χ1n) is 11.7. The molecule has 4 aliphatic carbocycles. The van der Waals surface area contributed by atoms with Gasteiger partial charge in [-0.3, -0.25) is 9.59 Å². The largest absolute Gasteiger partial charge is 0.348 e. The van der Waals surface area contributed by atoms with Crippen LogP contribution < -0.4 is 10.9 Å². The molecule has 5 nitrogen and oxygen atoms in total. The number of fused-ring (bicyclic) bond motifs is 1. The maximum absolute atomic E-state index is 13.4. The van der Waals surface area contributed by atoms with Crippen molar-refractivity contribution in [3.63, 3.8) is 0 Å². The zero-order chi connectivity index (χ0) is 21.0. The first-order valence-corrected chi connectivity index (χ1v) is 11.7. The number of rotatable bonds is 5. The summed E-state index contributed by atoms with van der Waals surface area (Å²) in [7, 11) is 0. The van der Waals surface area contributed by atoms with Gasteiger partial charge in [-0.25, -0.2) is 4.68 Å². The molecule has 0 aliphatic heterocycles. The average molecular weight is 408 g/mol. The van der Waals surface area contributed by atoms with Crippen LogP contribution in [0.5, 0.6) is 0 Å². The molecule has 1 heterocycles. The van der Waals surface area contributed by atoms with Crippen LogP contribution in [0.15, 0.2) is 29.1 Å². The molecule has 160 valence electrons. The SMILES string of the molecule is CC(C)Cn1nc(C(=O)N[C@@H](C)C23CC4CC(CC(C4)C2)C3)c2ccccc2c1=O. The minimum Gasteiger partial charge on any atom is -0.348 e. The molecule has 1 atom stereocenters. The number of carbonyl (C=O) groups excluding carboxylic acids is 1. The first kappa shape index (κ1) is 19.8. The van der Waals surface area contributed by atoms with E-state index in [4.69, 9.17) is 0 Å². The van der Waals surface area contributed by atoms with Crippen LogP contribution in [0.3, 0.4) is 0 Å². The fraction of sp³-hybridized carbons (Fsp3) is 0.640. The summed E-state index contributed by atoms with van der Waals surface area (Å²) >= 11 is 0. The third-order valence-electron chi connectivity index (χ3n) is 7.97. The van der Waals surface area contributed by atoms with E-state index in [0.29, 0.717) is 23.0 Å². The number of nitrogens with one attached hydrogen (secondary N) is 1. The van der Waals surface area contributed by atoms with E-state index >= 15 is 0 Å². The molecule has 1 aromatic heterocycles. The number of aromatic nitrogens is 2. The van der Waals surface area contributed by atoms with Gasteiger partial charge in [0.1, 0.15) is 0 Å². The molecule has 4 bridgehead atoms. The Balaban J connectivity index is 1.46. The summed E-state index contributed by atoms with van der Waals surface area (Å²) in [4.78, 5) is 26.3. The fourth-order valence-electron chi connectivity index (χ4n) is 7.00. The van der Waals surface area contributed by atoms with Crippen molar-refractivity contribution in [1.29, 1.82) is 0 Å². The van der Waals surface area contributed by atoms with Crippen LogP contribution in [0, 0.1) is 29.1 Å². The van der Waals surface area contributed by atoms with Crippen LogP contribution in [0.2, 0.25) is 0 Å². The molecule has 0 unspecified atom stereocenters. The highest BCUT2D eigenvalue weighted by atomic mass is 16.2. The van der Waals surface area contributed by atoms with Crippen LogP contribution >= 0.6 is 0 Å². The Morgan fingerprint density at radius 2 is 1.63 bits per heavy atom. The molecule has 1 N–H and O–H groups in total. The van der Waals surface area contributed by atoms with Gasteiger partial charge in [-0.15, -0.1) is 0 Å². The van der Waals surface area contributed by atoms with Gasteiger partial charge in [0.25, 0.3) is 11.5 Å². The molecular weight excluding hydrogens is 374 g/mol. The average Bonchev–Trinajstić information content (AvgIpc) is 2.68. The first-order chi connectivity index (χ1) is 14.3. The summed E-state index contributed by atoms with van der Waals surface area (Å²) in [5, 5.41) is 9.08. The quantitative estimate of drug-likeness (QED) is 0.800. The Labute approximate surface area is 178 Å². The zero-order valence-electron chi connectivity index (χ0n) is 18.4. The minimum absolute atomic E-state index is 0.120. The van der Waals surface area contributed by atoms with Gasteiger partial charge in [-0.2, -0.15) is 5.10 Å². The van der Waals surface area contributed by atoms with Gasteiger partial charge < -0.3 is 5.32 Å². The highest BCUT2D eigenvalue weighted by Gasteiger charge is 2.53. The molecule has 30 heavy (non-hydrogen) atoms. The lowest BCUT2D eigenvalue weighted by Crippen LogP contribution is -2.56. The van der Waals surface area contributed by atoms with Crippen molar-refractivity contribution < 1.29 is 4.79 Å². The van der Waals surface area contributed by atoms with E-state index in [2.05, 4.69) is 31.2 Å². The molecule has 4 aliphatic rings. The summed E-state index contributed by atoms with van der Waals surface area (Å²) in [6, 6.07) is 7.49. The predicted molar refractivity (Wildman–Crippen MR) is 118 cm³/mol. The number of amides is 1. The summed E-state index contributed by atoms with van der Waals surface area (Å²) in [5.41, 5.74) is 0.500. The molecule has 2 aromatic rings. The van der Waals surface area contributed by atoms with Gasteiger partial charge in [0, 0.05) is 18.0 Å². The van der Waals surface area contributed by atoms with Gasteiger partial charge >= 0.3 is 0 Å². The highest BCUT2D eigenvalue weighted by Crippen LogP contribution is 2.61. The van der Waals surface area contributed by atoms with Crippen LogP contribution in [0.4, 0.5) is 0 Å². The Bertz CT molecular complexity index is 1000. The molecule has 6 rings (SSSR count). The molecule has 4 fully saturated rings. The second kappa shape index (κ2) is 7.21. The Kier molecular flexibility index (Phi) is 4.75. The lowest BCUT2D eigenvalue weighted by atomic mass is 9.48. The molecule has 4 saturated carbocycles. The van der Waals surface area contributed by atoms with Gasteiger partial charge in [0.2, 0.25) is 0 Å². The lowest BCUT2D eigenvalue weighted by Gasteiger charge is -2.59. The summed E-state index contributed by atoms with van der Waals surface area (Å²) in [6.07, 6.45) is 7.94. The molecular formula is C25H33N3O2. The van der Waals surface area contributed by atoms with Crippen LogP contribution in [-0.2, 0) is 6.54 Å². The standard InChI is InChI=1S/C25H33N3O2/c1-15(2)14-28-24(30)21-7-5-4-6-20(21)22(27-28)23(29)26-16(3)25-11-17-8-18(12-25)10-19(9-17)13-25/h4-7,15-19H,8-14H2,1-3H3,(H,26,29)/t16-,17?,18?,19?,25?/m0/s1. The Hall–Kier alpha value is -2.17. The molecule has 1 amide bonds. The zero-order valence-corrected chi connectivity index (χ0v) is 18.4. The number of benzene rings is 1. The van der Waals surface area contributed by atoms with Crippen LogP contribution in [0.25, 0.3) is 10.8 Å². The normalized spacial score (nSPS) is 30.7. The van der Waals surface area contributed by atoms with Crippen molar-refractivity contribution in [3.05, 3.63) is 40.3 Å². The molecule has 1 aromatic carbocycles. The summed E-state index contributed by atoms with van der Waals surface area (Å²) < 4.78 is 1.47.